The monoisotopic (exact) mass is 334 g/mol. The Morgan fingerprint density at radius 1 is 1.21 bits per heavy atom. The fraction of sp³-hybridized carbons (Fsp3) is 0.632. The molecule has 2 rings (SSSR count). The van der Waals surface area contributed by atoms with Crippen molar-refractivity contribution in [1.29, 1.82) is 0 Å². The Morgan fingerprint density at radius 2 is 1.92 bits per heavy atom. The van der Waals surface area contributed by atoms with Crippen molar-refractivity contribution in [2.75, 3.05) is 20.3 Å². The van der Waals surface area contributed by atoms with Gasteiger partial charge < -0.3 is 20.1 Å². The number of hydrogen-bond donors (Lipinski definition) is 2. The zero-order valence-corrected chi connectivity index (χ0v) is 15.0. The van der Waals surface area contributed by atoms with Crippen molar-refractivity contribution in [3.8, 4) is 0 Å². The van der Waals surface area contributed by atoms with Crippen LogP contribution in [0.15, 0.2) is 30.3 Å². The van der Waals surface area contributed by atoms with Crippen LogP contribution in [0.25, 0.3) is 0 Å². The van der Waals surface area contributed by atoms with Crippen LogP contribution in [0.1, 0.15) is 38.7 Å². The molecule has 0 aliphatic heterocycles. The van der Waals surface area contributed by atoms with Crippen molar-refractivity contribution in [3.05, 3.63) is 35.9 Å². The summed E-state index contributed by atoms with van der Waals surface area (Å²) in [6.07, 6.45) is 2.63. The highest BCUT2D eigenvalue weighted by molar-refractivity contribution is 5.67. The minimum absolute atomic E-state index is 0.216. The number of carbonyl (C=O) groups excluding carboxylic acids is 1. The summed E-state index contributed by atoms with van der Waals surface area (Å²) in [5.41, 5.74) is 1.22. The number of methoxy groups -OCH3 is 1. The van der Waals surface area contributed by atoms with Crippen molar-refractivity contribution >= 4 is 6.09 Å². The Bertz CT molecular complexity index is 499. The Labute approximate surface area is 145 Å². The van der Waals surface area contributed by atoms with Gasteiger partial charge in [-0.2, -0.15) is 0 Å². The summed E-state index contributed by atoms with van der Waals surface area (Å²) < 4.78 is 10.4. The lowest BCUT2D eigenvalue weighted by molar-refractivity contribution is 0.121. The predicted molar refractivity (Wildman–Crippen MR) is 94.8 cm³/mol. The van der Waals surface area contributed by atoms with Gasteiger partial charge in [0.05, 0.1) is 0 Å². The van der Waals surface area contributed by atoms with E-state index in [0.717, 1.165) is 38.0 Å². The van der Waals surface area contributed by atoms with Gasteiger partial charge in [0.1, 0.15) is 6.61 Å². The molecule has 5 nitrogen and oxygen atoms in total. The first-order valence-electron chi connectivity index (χ1n) is 8.68. The number of benzene rings is 1. The molecule has 0 aromatic heterocycles. The second kappa shape index (κ2) is 9.04. The standard InChI is InChI=1S/C19H30N2O3/c1-19(2,9-10-23-3)14-20-16-11-17(12-16)21-18(22)24-13-15-7-5-4-6-8-15/h4-8,16-17,20H,9-14H2,1-3H3,(H,21,22). The largest absolute Gasteiger partial charge is 0.445 e. The topological polar surface area (TPSA) is 59.6 Å². The second-order valence-corrected chi connectivity index (χ2v) is 7.36. The average molecular weight is 334 g/mol. The molecule has 0 spiro atoms. The van der Waals surface area contributed by atoms with Gasteiger partial charge in [-0.3, -0.25) is 0 Å². The van der Waals surface area contributed by atoms with E-state index in [0.29, 0.717) is 12.6 Å². The molecule has 1 aromatic rings. The molecule has 1 aromatic carbocycles. The van der Waals surface area contributed by atoms with Crippen molar-refractivity contribution in [2.24, 2.45) is 5.41 Å². The fourth-order valence-corrected chi connectivity index (χ4v) is 2.72. The highest BCUT2D eigenvalue weighted by Crippen LogP contribution is 2.24. The maximum absolute atomic E-state index is 11.8. The van der Waals surface area contributed by atoms with E-state index < -0.39 is 0 Å². The lowest BCUT2D eigenvalue weighted by atomic mass is 9.84. The summed E-state index contributed by atoms with van der Waals surface area (Å²) in [6.45, 7) is 6.56. The number of rotatable bonds is 9. The third-order valence-electron chi connectivity index (χ3n) is 4.53. The molecule has 1 fully saturated rings. The highest BCUT2D eigenvalue weighted by Gasteiger charge is 2.31. The Morgan fingerprint density at radius 3 is 2.58 bits per heavy atom. The van der Waals surface area contributed by atoms with E-state index >= 15 is 0 Å². The molecule has 0 saturated heterocycles. The van der Waals surface area contributed by atoms with Crippen molar-refractivity contribution in [2.45, 2.75) is 51.8 Å². The van der Waals surface area contributed by atoms with Crippen LogP contribution in [-0.2, 0) is 16.1 Å². The lowest BCUT2D eigenvalue weighted by Gasteiger charge is -2.38. The van der Waals surface area contributed by atoms with Gasteiger partial charge in [-0.15, -0.1) is 0 Å². The number of alkyl carbamates (subject to hydrolysis) is 1. The molecule has 1 saturated carbocycles. The van der Waals surface area contributed by atoms with Crippen molar-refractivity contribution in [3.63, 3.8) is 0 Å². The van der Waals surface area contributed by atoms with Crippen molar-refractivity contribution < 1.29 is 14.3 Å². The molecule has 0 unspecified atom stereocenters. The SMILES string of the molecule is COCCC(C)(C)CNC1CC(NC(=O)OCc2ccccc2)C1. The highest BCUT2D eigenvalue weighted by atomic mass is 16.5. The molecule has 2 N–H and O–H groups in total. The summed E-state index contributed by atoms with van der Waals surface area (Å²) in [7, 11) is 1.74. The van der Waals surface area contributed by atoms with Crippen molar-refractivity contribution in [1.82, 2.24) is 10.6 Å². The first-order chi connectivity index (χ1) is 11.5. The third-order valence-corrected chi connectivity index (χ3v) is 4.53. The second-order valence-electron chi connectivity index (χ2n) is 7.36. The molecule has 1 aliphatic carbocycles. The van der Waals surface area contributed by atoms with Crippen LogP contribution in [0, 0.1) is 5.41 Å². The van der Waals surface area contributed by atoms with Crippen LogP contribution in [0.2, 0.25) is 0 Å². The molecule has 0 bridgehead atoms. The molecule has 1 amide bonds. The Balaban J connectivity index is 1.56. The van der Waals surface area contributed by atoms with Gasteiger partial charge in [-0.05, 0) is 30.2 Å². The van der Waals surface area contributed by atoms with E-state index in [2.05, 4.69) is 24.5 Å². The molecule has 1 aliphatic rings. The maximum atomic E-state index is 11.8. The molecule has 0 atom stereocenters. The van der Waals surface area contributed by atoms with Gasteiger partial charge in [-0.25, -0.2) is 4.79 Å². The average Bonchev–Trinajstić information content (AvgIpc) is 2.54. The summed E-state index contributed by atoms with van der Waals surface area (Å²) in [4.78, 5) is 11.8. The zero-order chi connectivity index (χ0) is 17.4. The Kier molecular flexibility index (Phi) is 7.06. The molecular weight excluding hydrogens is 304 g/mol. The van der Waals surface area contributed by atoms with Crippen LogP contribution < -0.4 is 10.6 Å². The smallest absolute Gasteiger partial charge is 0.407 e. The van der Waals surface area contributed by atoms with E-state index in [1.807, 2.05) is 30.3 Å². The Hall–Kier alpha value is -1.59. The summed E-state index contributed by atoms with van der Waals surface area (Å²) >= 11 is 0. The minimum atomic E-state index is -0.331. The van der Waals surface area contributed by atoms with Gasteiger partial charge in [-0.1, -0.05) is 44.2 Å². The predicted octanol–water partition coefficient (Wildman–Crippen LogP) is 3.10. The lowest BCUT2D eigenvalue weighted by Crippen LogP contribution is -2.53. The van der Waals surface area contributed by atoms with Gasteiger partial charge in [0.2, 0.25) is 0 Å². The van der Waals surface area contributed by atoms with E-state index in [9.17, 15) is 4.79 Å². The zero-order valence-electron chi connectivity index (χ0n) is 15.0. The fourth-order valence-electron chi connectivity index (χ4n) is 2.72. The number of hydrogen-bond acceptors (Lipinski definition) is 4. The quantitative estimate of drug-likeness (QED) is 0.728. The molecule has 0 heterocycles. The van der Waals surface area contributed by atoms with Crippen LogP contribution in [-0.4, -0.2) is 38.4 Å². The first-order valence-corrected chi connectivity index (χ1v) is 8.68. The molecule has 24 heavy (non-hydrogen) atoms. The van der Waals surface area contributed by atoms with E-state index in [1.54, 1.807) is 7.11 Å². The number of carbonyl (C=O) groups is 1. The van der Waals surface area contributed by atoms with Gasteiger partial charge >= 0.3 is 6.09 Å². The van der Waals surface area contributed by atoms with E-state index in [1.165, 1.54) is 0 Å². The number of nitrogens with one attached hydrogen (secondary N) is 2. The molecule has 5 heteroatoms. The van der Waals surface area contributed by atoms with Crippen LogP contribution >= 0.6 is 0 Å². The van der Waals surface area contributed by atoms with E-state index in [4.69, 9.17) is 9.47 Å². The number of amides is 1. The van der Waals surface area contributed by atoms with E-state index in [-0.39, 0.29) is 17.6 Å². The van der Waals surface area contributed by atoms with Gasteiger partial charge in [0.15, 0.2) is 0 Å². The van der Waals surface area contributed by atoms with Crippen LogP contribution in [0.3, 0.4) is 0 Å². The number of ether oxygens (including phenoxy) is 2. The summed E-state index contributed by atoms with van der Waals surface area (Å²) in [6, 6.07) is 10.4. The maximum Gasteiger partial charge on any atom is 0.407 e. The molecular formula is C19H30N2O3. The first kappa shape index (κ1) is 18.7. The third kappa shape index (κ3) is 6.49. The van der Waals surface area contributed by atoms with Gasteiger partial charge in [0, 0.05) is 32.3 Å². The summed E-state index contributed by atoms with van der Waals surface area (Å²) in [5, 5.41) is 6.51. The molecule has 134 valence electrons. The normalized spacial score (nSPS) is 20.3. The molecule has 0 radical (unpaired) electrons. The van der Waals surface area contributed by atoms with Crippen LogP contribution in [0.5, 0.6) is 0 Å². The van der Waals surface area contributed by atoms with Gasteiger partial charge in [0.25, 0.3) is 0 Å². The van der Waals surface area contributed by atoms with Crippen LogP contribution in [0.4, 0.5) is 4.79 Å². The minimum Gasteiger partial charge on any atom is -0.445 e. The summed E-state index contributed by atoms with van der Waals surface area (Å²) in [5.74, 6) is 0.